The Hall–Kier alpha value is 0.210. The average Bonchev–Trinajstić information content (AvgIpc) is 1.77. The fraction of sp³-hybridized carbons (Fsp3) is 1.00. The largest absolute Gasteiger partial charge is 0.384 e. The summed E-state index contributed by atoms with van der Waals surface area (Å²) < 4.78 is 5.00. The molecule has 1 rings (SSSR count). The van der Waals surface area contributed by atoms with Crippen molar-refractivity contribution in [1.82, 2.24) is 0 Å². The zero-order valence-corrected chi connectivity index (χ0v) is 7.19. The van der Waals surface area contributed by atoms with Crippen LogP contribution in [0.25, 0.3) is 0 Å². The molecule has 1 aliphatic carbocycles. The van der Waals surface area contributed by atoms with E-state index in [1.807, 2.05) is 0 Å². The minimum atomic E-state index is 0. The van der Waals surface area contributed by atoms with Crippen LogP contribution in [0.5, 0.6) is 0 Å². The lowest BCUT2D eigenvalue weighted by atomic mass is 9.75. The molecule has 0 atom stereocenters. The van der Waals surface area contributed by atoms with Crippen LogP contribution in [0.1, 0.15) is 12.8 Å². The van der Waals surface area contributed by atoms with E-state index in [2.05, 4.69) is 0 Å². The molecule has 0 heterocycles. The Labute approximate surface area is 68.5 Å². The summed E-state index contributed by atoms with van der Waals surface area (Å²) in [5, 5.41) is 0. The summed E-state index contributed by atoms with van der Waals surface area (Å²) in [4.78, 5) is 0. The van der Waals surface area contributed by atoms with E-state index in [9.17, 15) is 0 Å². The van der Waals surface area contributed by atoms with Gasteiger partial charge in [0, 0.05) is 13.7 Å². The van der Waals surface area contributed by atoms with E-state index in [1.54, 1.807) is 7.11 Å². The molecule has 3 heteroatoms. The number of hydrogen-bond donors (Lipinski definition) is 1. The highest BCUT2D eigenvalue weighted by atomic mass is 35.5. The van der Waals surface area contributed by atoms with Crippen LogP contribution < -0.4 is 5.73 Å². The lowest BCUT2D eigenvalue weighted by Crippen LogP contribution is -2.32. The molecule has 10 heavy (non-hydrogen) atoms. The van der Waals surface area contributed by atoms with Gasteiger partial charge in [-0.3, -0.25) is 0 Å². The summed E-state index contributed by atoms with van der Waals surface area (Å²) in [6.45, 7) is 1.79. The van der Waals surface area contributed by atoms with Crippen molar-refractivity contribution in [2.45, 2.75) is 12.8 Å². The number of hydrogen-bond acceptors (Lipinski definition) is 2. The van der Waals surface area contributed by atoms with Gasteiger partial charge in [-0.05, 0) is 31.2 Å². The number of nitrogens with two attached hydrogens (primary N) is 1. The Morgan fingerprint density at radius 1 is 1.40 bits per heavy atom. The van der Waals surface area contributed by atoms with Crippen molar-refractivity contribution in [3.05, 3.63) is 0 Å². The molecule has 1 saturated carbocycles. The zero-order valence-electron chi connectivity index (χ0n) is 6.38. The van der Waals surface area contributed by atoms with Gasteiger partial charge in [-0.15, -0.1) is 12.4 Å². The van der Waals surface area contributed by atoms with Crippen molar-refractivity contribution in [2.24, 2.45) is 17.6 Å². The molecule has 2 N–H and O–H groups in total. The minimum Gasteiger partial charge on any atom is -0.384 e. The number of halogens is 1. The first-order valence-electron chi connectivity index (χ1n) is 3.55. The molecule has 2 nitrogen and oxygen atoms in total. The van der Waals surface area contributed by atoms with E-state index in [-0.39, 0.29) is 12.4 Å². The standard InChI is InChI=1S/C7H15NO.ClH/c1-9-5-7-2-6(3-7)4-8;/h6-7H,2-5,8H2,1H3;1H. The predicted molar refractivity (Wildman–Crippen MR) is 44.4 cm³/mol. The third-order valence-electron chi connectivity index (χ3n) is 2.07. The van der Waals surface area contributed by atoms with Crippen molar-refractivity contribution >= 4 is 12.4 Å². The highest BCUT2D eigenvalue weighted by Gasteiger charge is 2.27. The van der Waals surface area contributed by atoms with Gasteiger partial charge in [-0.25, -0.2) is 0 Å². The van der Waals surface area contributed by atoms with E-state index < -0.39 is 0 Å². The van der Waals surface area contributed by atoms with Gasteiger partial charge in [-0.1, -0.05) is 0 Å². The second-order valence-corrected chi connectivity index (χ2v) is 2.89. The number of ether oxygens (including phenoxy) is 1. The van der Waals surface area contributed by atoms with Gasteiger partial charge in [0.2, 0.25) is 0 Å². The molecule has 0 aromatic rings. The van der Waals surface area contributed by atoms with Crippen LogP contribution in [0, 0.1) is 11.8 Å². The maximum Gasteiger partial charge on any atom is 0.0490 e. The topological polar surface area (TPSA) is 35.2 Å². The van der Waals surface area contributed by atoms with E-state index in [4.69, 9.17) is 10.5 Å². The Bertz CT molecular complexity index is 83.7. The molecule has 0 aromatic heterocycles. The Balaban J connectivity index is 0.000000810. The normalized spacial score (nSPS) is 30.6. The monoisotopic (exact) mass is 165 g/mol. The molecule has 62 valence electrons. The fourth-order valence-corrected chi connectivity index (χ4v) is 1.44. The van der Waals surface area contributed by atoms with Gasteiger partial charge in [0.1, 0.15) is 0 Å². The highest BCUT2D eigenvalue weighted by molar-refractivity contribution is 5.85. The van der Waals surface area contributed by atoms with Crippen LogP contribution in [-0.2, 0) is 4.74 Å². The van der Waals surface area contributed by atoms with Crippen LogP contribution in [0.2, 0.25) is 0 Å². The van der Waals surface area contributed by atoms with Crippen LogP contribution in [-0.4, -0.2) is 20.3 Å². The summed E-state index contributed by atoms with van der Waals surface area (Å²) in [5.41, 5.74) is 5.45. The van der Waals surface area contributed by atoms with Crippen molar-refractivity contribution in [3.8, 4) is 0 Å². The Kier molecular flexibility index (Phi) is 5.04. The van der Waals surface area contributed by atoms with E-state index >= 15 is 0 Å². The molecule has 0 radical (unpaired) electrons. The Morgan fingerprint density at radius 3 is 2.40 bits per heavy atom. The Morgan fingerprint density at radius 2 is 2.00 bits per heavy atom. The second-order valence-electron chi connectivity index (χ2n) is 2.89. The molecule has 0 unspecified atom stereocenters. The SMILES string of the molecule is COCC1CC(CN)C1.Cl. The predicted octanol–water partition coefficient (Wildman–Crippen LogP) is 1.04. The molecular weight excluding hydrogens is 150 g/mol. The van der Waals surface area contributed by atoms with Crippen molar-refractivity contribution in [2.75, 3.05) is 20.3 Å². The third-order valence-corrected chi connectivity index (χ3v) is 2.07. The molecule has 0 aliphatic heterocycles. The molecule has 0 saturated heterocycles. The maximum atomic E-state index is 5.45. The van der Waals surface area contributed by atoms with Crippen LogP contribution in [0.3, 0.4) is 0 Å². The summed E-state index contributed by atoms with van der Waals surface area (Å²) in [6.07, 6.45) is 2.56. The molecule has 0 spiro atoms. The maximum absolute atomic E-state index is 5.45. The van der Waals surface area contributed by atoms with Gasteiger partial charge in [0.05, 0.1) is 0 Å². The van der Waals surface area contributed by atoms with Gasteiger partial charge < -0.3 is 10.5 Å². The summed E-state index contributed by atoms with van der Waals surface area (Å²) in [6, 6.07) is 0. The van der Waals surface area contributed by atoms with E-state index in [0.29, 0.717) is 0 Å². The first kappa shape index (κ1) is 10.2. The van der Waals surface area contributed by atoms with Crippen molar-refractivity contribution in [1.29, 1.82) is 0 Å². The molecule has 0 amide bonds. The summed E-state index contributed by atoms with van der Waals surface area (Å²) in [7, 11) is 1.76. The smallest absolute Gasteiger partial charge is 0.0490 e. The average molecular weight is 166 g/mol. The van der Waals surface area contributed by atoms with Gasteiger partial charge in [0.25, 0.3) is 0 Å². The highest BCUT2D eigenvalue weighted by Crippen LogP contribution is 2.32. The van der Waals surface area contributed by atoms with Gasteiger partial charge in [-0.2, -0.15) is 0 Å². The lowest BCUT2D eigenvalue weighted by molar-refractivity contribution is 0.0768. The molecule has 0 aromatic carbocycles. The van der Waals surface area contributed by atoms with E-state index in [0.717, 1.165) is 25.0 Å². The summed E-state index contributed by atoms with van der Waals surface area (Å²) in [5.74, 6) is 1.61. The molecule has 0 bridgehead atoms. The van der Waals surface area contributed by atoms with Crippen molar-refractivity contribution in [3.63, 3.8) is 0 Å². The molecule has 1 fully saturated rings. The number of methoxy groups -OCH3 is 1. The van der Waals surface area contributed by atoms with Gasteiger partial charge >= 0.3 is 0 Å². The van der Waals surface area contributed by atoms with Crippen LogP contribution in [0.4, 0.5) is 0 Å². The quantitative estimate of drug-likeness (QED) is 0.679. The van der Waals surface area contributed by atoms with E-state index in [1.165, 1.54) is 12.8 Å². The third kappa shape index (κ3) is 2.45. The molecule has 1 aliphatic rings. The van der Waals surface area contributed by atoms with Crippen LogP contribution >= 0.6 is 12.4 Å². The molecular formula is C7H16ClNO. The van der Waals surface area contributed by atoms with Crippen LogP contribution in [0.15, 0.2) is 0 Å². The van der Waals surface area contributed by atoms with Gasteiger partial charge in [0.15, 0.2) is 0 Å². The minimum absolute atomic E-state index is 0. The first-order chi connectivity index (χ1) is 4.36. The second kappa shape index (κ2) is 4.94. The zero-order chi connectivity index (χ0) is 6.69. The lowest BCUT2D eigenvalue weighted by Gasteiger charge is -2.33. The summed E-state index contributed by atoms with van der Waals surface area (Å²) >= 11 is 0. The number of rotatable bonds is 3. The first-order valence-corrected chi connectivity index (χ1v) is 3.55. The fourth-order valence-electron chi connectivity index (χ4n) is 1.44. The van der Waals surface area contributed by atoms with Crippen molar-refractivity contribution < 1.29 is 4.74 Å².